The molecule has 20 heavy (non-hydrogen) atoms. The van der Waals surface area contributed by atoms with E-state index in [9.17, 15) is 4.79 Å². The predicted octanol–water partition coefficient (Wildman–Crippen LogP) is 1.54. The molecule has 4 rings (SSSR count). The van der Waals surface area contributed by atoms with Crippen LogP contribution >= 0.6 is 0 Å². The topological polar surface area (TPSA) is 59.6 Å². The van der Waals surface area contributed by atoms with Gasteiger partial charge in [-0.15, -0.1) is 0 Å². The Kier molecular flexibility index (Phi) is 2.80. The first-order valence-corrected chi connectivity index (χ1v) is 7.26. The number of fused-ring (bicyclic) bond motifs is 3. The van der Waals surface area contributed by atoms with Crippen molar-refractivity contribution in [2.45, 2.75) is 31.3 Å². The van der Waals surface area contributed by atoms with E-state index in [1.165, 1.54) is 6.42 Å². The molecule has 106 valence electrons. The van der Waals surface area contributed by atoms with Crippen molar-refractivity contribution in [2.24, 2.45) is 5.92 Å². The summed E-state index contributed by atoms with van der Waals surface area (Å²) in [5, 5.41) is 6.49. The molecule has 1 aromatic rings. The van der Waals surface area contributed by atoms with Crippen LogP contribution in [0.2, 0.25) is 0 Å². The van der Waals surface area contributed by atoms with Crippen LogP contribution in [0.5, 0.6) is 11.5 Å². The Morgan fingerprint density at radius 2 is 2.05 bits per heavy atom. The number of rotatable bonds is 2. The van der Waals surface area contributed by atoms with Gasteiger partial charge in [0.05, 0.1) is 5.92 Å². The maximum Gasteiger partial charge on any atom is 0.229 e. The second-order valence-electron chi connectivity index (χ2n) is 5.74. The van der Waals surface area contributed by atoms with Crippen molar-refractivity contribution in [3.05, 3.63) is 18.2 Å². The monoisotopic (exact) mass is 274 g/mol. The highest BCUT2D eigenvalue weighted by atomic mass is 16.6. The maximum absolute atomic E-state index is 12.3. The Labute approximate surface area is 117 Å². The number of nitrogens with one attached hydrogen (secondary N) is 2. The summed E-state index contributed by atoms with van der Waals surface area (Å²) in [6.07, 6.45) is 3.28. The molecule has 5 heteroatoms. The van der Waals surface area contributed by atoms with Gasteiger partial charge in [-0.2, -0.15) is 0 Å². The molecule has 0 aliphatic carbocycles. The molecular formula is C15H18N2O3. The number of anilines is 1. The molecule has 0 spiro atoms. The molecule has 3 heterocycles. The first-order valence-electron chi connectivity index (χ1n) is 7.26. The van der Waals surface area contributed by atoms with Gasteiger partial charge in [-0.3, -0.25) is 4.79 Å². The molecule has 3 atom stereocenters. The highest BCUT2D eigenvalue weighted by Crippen LogP contribution is 2.35. The Hall–Kier alpha value is -1.75. The summed E-state index contributed by atoms with van der Waals surface area (Å²) in [6, 6.07) is 6.45. The number of carbonyl (C=O) groups excluding carboxylic acids is 1. The maximum atomic E-state index is 12.3. The lowest BCUT2D eigenvalue weighted by Crippen LogP contribution is -2.32. The molecule has 3 unspecified atom stereocenters. The summed E-state index contributed by atoms with van der Waals surface area (Å²) in [7, 11) is 0. The number of hydrogen-bond donors (Lipinski definition) is 2. The second kappa shape index (κ2) is 4.66. The lowest BCUT2D eigenvalue weighted by atomic mass is 9.88. The van der Waals surface area contributed by atoms with E-state index in [4.69, 9.17) is 9.47 Å². The summed E-state index contributed by atoms with van der Waals surface area (Å²) in [4.78, 5) is 12.3. The molecule has 2 bridgehead atoms. The van der Waals surface area contributed by atoms with Crippen LogP contribution < -0.4 is 20.1 Å². The third-order valence-electron chi connectivity index (χ3n) is 4.45. The van der Waals surface area contributed by atoms with Gasteiger partial charge in [0.15, 0.2) is 11.5 Å². The number of ether oxygens (including phenoxy) is 2. The fraction of sp³-hybridized carbons (Fsp3) is 0.533. The summed E-state index contributed by atoms with van der Waals surface area (Å²) in [5.74, 6) is 1.67. The Morgan fingerprint density at radius 1 is 1.20 bits per heavy atom. The third kappa shape index (κ3) is 2.02. The minimum atomic E-state index is 0.0990. The molecule has 2 N–H and O–H groups in total. The van der Waals surface area contributed by atoms with Gasteiger partial charge in [0.1, 0.15) is 13.2 Å². The molecule has 2 saturated heterocycles. The number of amides is 1. The fourth-order valence-electron chi connectivity index (χ4n) is 3.47. The van der Waals surface area contributed by atoms with Gasteiger partial charge in [0.2, 0.25) is 5.91 Å². The minimum Gasteiger partial charge on any atom is -0.486 e. The quantitative estimate of drug-likeness (QED) is 0.859. The summed E-state index contributed by atoms with van der Waals surface area (Å²) >= 11 is 0. The van der Waals surface area contributed by atoms with Gasteiger partial charge >= 0.3 is 0 Å². The molecular weight excluding hydrogens is 256 g/mol. The molecule has 0 saturated carbocycles. The largest absolute Gasteiger partial charge is 0.486 e. The highest BCUT2D eigenvalue weighted by molar-refractivity contribution is 5.93. The zero-order valence-electron chi connectivity index (χ0n) is 11.2. The second-order valence-corrected chi connectivity index (χ2v) is 5.74. The van der Waals surface area contributed by atoms with Crippen LogP contribution in [-0.2, 0) is 4.79 Å². The molecule has 3 aliphatic heterocycles. The first kappa shape index (κ1) is 12.0. The lowest BCUT2D eigenvalue weighted by Gasteiger charge is -2.21. The van der Waals surface area contributed by atoms with Crippen LogP contribution in [0.25, 0.3) is 0 Å². The van der Waals surface area contributed by atoms with Crippen LogP contribution in [-0.4, -0.2) is 31.2 Å². The first-order chi connectivity index (χ1) is 9.79. The van der Waals surface area contributed by atoms with E-state index in [1.54, 1.807) is 0 Å². The molecule has 0 radical (unpaired) electrons. The number of carbonyl (C=O) groups is 1. The minimum absolute atomic E-state index is 0.0990. The SMILES string of the molecule is O=C(Nc1ccc2c(c1)OCCO2)C1CC2CCC1N2. The molecule has 1 aromatic carbocycles. The predicted molar refractivity (Wildman–Crippen MR) is 74.1 cm³/mol. The molecule has 2 fully saturated rings. The van der Waals surface area contributed by atoms with Crippen LogP contribution in [0, 0.1) is 5.92 Å². The molecule has 5 nitrogen and oxygen atoms in total. The van der Waals surface area contributed by atoms with Gasteiger partial charge < -0.3 is 20.1 Å². The summed E-state index contributed by atoms with van der Waals surface area (Å²) < 4.78 is 11.0. The van der Waals surface area contributed by atoms with Gasteiger partial charge in [-0.1, -0.05) is 0 Å². The average Bonchev–Trinajstić information content (AvgIpc) is 3.10. The number of hydrogen-bond acceptors (Lipinski definition) is 4. The van der Waals surface area contributed by atoms with Crippen molar-refractivity contribution in [1.29, 1.82) is 0 Å². The van der Waals surface area contributed by atoms with Crippen molar-refractivity contribution in [1.82, 2.24) is 5.32 Å². The van der Waals surface area contributed by atoms with Gasteiger partial charge in [0, 0.05) is 23.8 Å². The van der Waals surface area contributed by atoms with E-state index < -0.39 is 0 Å². The van der Waals surface area contributed by atoms with Crippen LogP contribution in [0.4, 0.5) is 5.69 Å². The van der Waals surface area contributed by atoms with E-state index in [0.717, 1.165) is 24.3 Å². The van der Waals surface area contributed by atoms with E-state index in [0.29, 0.717) is 31.0 Å². The summed E-state index contributed by atoms with van der Waals surface area (Å²) in [5.41, 5.74) is 0.780. The van der Waals surface area contributed by atoms with Crippen LogP contribution in [0.15, 0.2) is 18.2 Å². The van der Waals surface area contributed by atoms with E-state index >= 15 is 0 Å². The zero-order valence-corrected chi connectivity index (χ0v) is 11.2. The standard InChI is InChI=1S/C15H18N2O3/c18-15(11-7-9-1-3-12(11)16-9)17-10-2-4-13-14(8-10)20-6-5-19-13/h2,4,8-9,11-12,16H,1,3,5-7H2,(H,17,18). The van der Waals surface area contributed by atoms with Gasteiger partial charge in [0.25, 0.3) is 0 Å². The van der Waals surface area contributed by atoms with E-state index in [1.807, 2.05) is 18.2 Å². The van der Waals surface area contributed by atoms with Crippen molar-refractivity contribution >= 4 is 11.6 Å². The molecule has 1 amide bonds. The van der Waals surface area contributed by atoms with Gasteiger partial charge in [-0.05, 0) is 31.4 Å². The third-order valence-corrected chi connectivity index (χ3v) is 4.45. The average molecular weight is 274 g/mol. The van der Waals surface area contributed by atoms with Gasteiger partial charge in [-0.25, -0.2) is 0 Å². The number of benzene rings is 1. The van der Waals surface area contributed by atoms with Crippen molar-refractivity contribution in [3.63, 3.8) is 0 Å². The normalized spacial score (nSPS) is 30.3. The van der Waals surface area contributed by atoms with E-state index in [2.05, 4.69) is 10.6 Å². The zero-order chi connectivity index (χ0) is 13.5. The molecule has 0 aromatic heterocycles. The molecule has 3 aliphatic rings. The van der Waals surface area contributed by atoms with Crippen molar-refractivity contribution in [3.8, 4) is 11.5 Å². The van der Waals surface area contributed by atoms with E-state index in [-0.39, 0.29) is 11.8 Å². The smallest absolute Gasteiger partial charge is 0.229 e. The Bertz CT molecular complexity index is 546. The van der Waals surface area contributed by atoms with Crippen molar-refractivity contribution < 1.29 is 14.3 Å². The summed E-state index contributed by atoms with van der Waals surface area (Å²) in [6.45, 7) is 1.14. The van der Waals surface area contributed by atoms with Crippen LogP contribution in [0.1, 0.15) is 19.3 Å². The van der Waals surface area contributed by atoms with Crippen molar-refractivity contribution in [2.75, 3.05) is 18.5 Å². The Morgan fingerprint density at radius 3 is 2.80 bits per heavy atom. The van der Waals surface area contributed by atoms with Crippen LogP contribution in [0.3, 0.4) is 0 Å². The fourth-order valence-corrected chi connectivity index (χ4v) is 3.47. The Balaban J connectivity index is 1.47. The highest BCUT2D eigenvalue weighted by Gasteiger charge is 2.42. The lowest BCUT2D eigenvalue weighted by molar-refractivity contribution is -0.120.